The number of hydrogen-bond donors (Lipinski definition) is 1. The lowest BCUT2D eigenvalue weighted by molar-refractivity contribution is 1.13. The maximum atomic E-state index is 4.83. The average Bonchev–Trinajstić information content (AvgIpc) is 3.03. The van der Waals surface area contributed by atoms with E-state index < -0.39 is 0 Å². The Balaban J connectivity index is 1.79. The van der Waals surface area contributed by atoms with Gasteiger partial charge in [0.15, 0.2) is 0 Å². The van der Waals surface area contributed by atoms with Gasteiger partial charge < -0.3 is 10.2 Å². The lowest BCUT2D eigenvalue weighted by Crippen LogP contribution is -2.08. The van der Waals surface area contributed by atoms with Crippen LogP contribution in [0, 0.1) is 0 Å². The molecule has 4 rings (SSSR count). The number of pyridine rings is 1. The van der Waals surface area contributed by atoms with E-state index in [0.717, 1.165) is 22.7 Å². The number of anilines is 3. The number of hydrogen-bond acceptors (Lipinski definition) is 4. The SMILES string of the molecule is CN(C)c1ccc(Nc2c3c(nc4ccccc24)CSC3)cc1. The van der Waals surface area contributed by atoms with E-state index in [1.807, 2.05) is 11.8 Å². The fourth-order valence-electron chi connectivity index (χ4n) is 2.96. The van der Waals surface area contributed by atoms with E-state index in [9.17, 15) is 0 Å². The fraction of sp³-hybridized carbons (Fsp3) is 0.211. The van der Waals surface area contributed by atoms with Crippen molar-refractivity contribution in [1.29, 1.82) is 0 Å². The van der Waals surface area contributed by atoms with E-state index in [1.54, 1.807) is 0 Å². The van der Waals surface area contributed by atoms with E-state index in [-0.39, 0.29) is 0 Å². The van der Waals surface area contributed by atoms with Crippen molar-refractivity contribution in [3.8, 4) is 0 Å². The van der Waals surface area contributed by atoms with Gasteiger partial charge in [-0.3, -0.25) is 4.98 Å². The van der Waals surface area contributed by atoms with Crippen LogP contribution in [0.4, 0.5) is 17.1 Å². The number of aromatic nitrogens is 1. The van der Waals surface area contributed by atoms with Crippen LogP contribution in [0.2, 0.25) is 0 Å². The maximum Gasteiger partial charge on any atom is 0.0726 e. The van der Waals surface area contributed by atoms with Gasteiger partial charge in [0.25, 0.3) is 0 Å². The van der Waals surface area contributed by atoms with Crippen molar-refractivity contribution in [1.82, 2.24) is 4.98 Å². The number of rotatable bonds is 3. The largest absolute Gasteiger partial charge is 0.378 e. The van der Waals surface area contributed by atoms with Crippen molar-refractivity contribution < 1.29 is 0 Å². The Bertz CT molecular complexity index is 856. The van der Waals surface area contributed by atoms with Crippen LogP contribution >= 0.6 is 11.8 Å². The zero-order valence-corrected chi connectivity index (χ0v) is 14.2. The minimum absolute atomic E-state index is 1.01. The summed E-state index contributed by atoms with van der Waals surface area (Å²) in [5.74, 6) is 2.04. The molecule has 0 spiro atoms. The second-order valence-electron chi connectivity index (χ2n) is 5.99. The van der Waals surface area contributed by atoms with Crippen LogP contribution in [0.1, 0.15) is 11.3 Å². The molecule has 0 aliphatic carbocycles. The van der Waals surface area contributed by atoms with Crippen molar-refractivity contribution in [2.24, 2.45) is 0 Å². The summed E-state index contributed by atoms with van der Waals surface area (Å²) in [5, 5.41) is 4.84. The van der Waals surface area contributed by atoms with Gasteiger partial charge in [-0.2, -0.15) is 11.8 Å². The third-order valence-electron chi connectivity index (χ3n) is 4.22. The smallest absolute Gasteiger partial charge is 0.0726 e. The highest BCUT2D eigenvalue weighted by Crippen LogP contribution is 2.39. The molecule has 1 aliphatic rings. The molecule has 3 aromatic rings. The molecule has 1 aromatic heterocycles. The number of fused-ring (bicyclic) bond motifs is 2. The Labute approximate surface area is 140 Å². The summed E-state index contributed by atoms with van der Waals surface area (Å²) < 4.78 is 0. The summed E-state index contributed by atoms with van der Waals surface area (Å²) in [6.45, 7) is 0. The van der Waals surface area contributed by atoms with Gasteiger partial charge in [0.05, 0.1) is 16.9 Å². The molecule has 0 saturated heterocycles. The fourth-order valence-corrected chi connectivity index (χ4v) is 4.01. The minimum atomic E-state index is 1.01. The third-order valence-corrected chi connectivity index (χ3v) is 5.19. The second kappa shape index (κ2) is 5.78. The van der Waals surface area contributed by atoms with Crippen LogP contribution in [0.15, 0.2) is 48.5 Å². The van der Waals surface area contributed by atoms with E-state index in [0.29, 0.717) is 0 Å². The Morgan fingerprint density at radius 3 is 2.57 bits per heavy atom. The standard InChI is InChI=1S/C19H19N3S/c1-22(2)14-9-7-13(8-10-14)20-19-15-5-3-4-6-17(15)21-18-12-23-11-16(18)19/h3-10H,11-12H2,1-2H3,(H,20,21). The molecule has 0 atom stereocenters. The Hall–Kier alpha value is -2.20. The Kier molecular flexibility index (Phi) is 3.62. The molecule has 23 heavy (non-hydrogen) atoms. The van der Waals surface area contributed by atoms with Gasteiger partial charge in [0.1, 0.15) is 0 Å². The van der Waals surface area contributed by atoms with Gasteiger partial charge in [-0.1, -0.05) is 18.2 Å². The van der Waals surface area contributed by atoms with E-state index >= 15 is 0 Å². The van der Waals surface area contributed by atoms with E-state index in [2.05, 4.69) is 72.8 Å². The first-order chi connectivity index (χ1) is 11.2. The zero-order valence-electron chi connectivity index (χ0n) is 13.3. The summed E-state index contributed by atoms with van der Waals surface area (Å²) in [6.07, 6.45) is 0. The minimum Gasteiger partial charge on any atom is -0.378 e. The second-order valence-corrected chi connectivity index (χ2v) is 6.97. The van der Waals surface area contributed by atoms with Crippen molar-refractivity contribution in [3.63, 3.8) is 0 Å². The summed E-state index contributed by atoms with van der Waals surface area (Å²) >= 11 is 1.94. The monoisotopic (exact) mass is 321 g/mol. The highest BCUT2D eigenvalue weighted by Gasteiger charge is 2.19. The molecule has 0 amide bonds. The molecule has 0 fully saturated rings. The first kappa shape index (κ1) is 14.4. The molecular weight excluding hydrogens is 302 g/mol. The predicted molar refractivity (Wildman–Crippen MR) is 101 cm³/mol. The summed E-state index contributed by atoms with van der Waals surface area (Å²) in [5.41, 5.74) is 7.18. The van der Waals surface area contributed by atoms with Gasteiger partial charge in [-0.25, -0.2) is 0 Å². The molecular formula is C19H19N3S. The Morgan fingerprint density at radius 2 is 1.78 bits per heavy atom. The average molecular weight is 321 g/mol. The number of nitrogens with zero attached hydrogens (tertiary/aromatic N) is 2. The van der Waals surface area contributed by atoms with Gasteiger partial charge in [0.2, 0.25) is 0 Å². The van der Waals surface area contributed by atoms with Gasteiger partial charge in [-0.15, -0.1) is 0 Å². The molecule has 1 aliphatic heterocycles. The summed E-state index contributed by atoms with van der Waals surface area (Å²) in [4.78, 5) is 6.94. The van der Waals surface area contributed by atoms with E-state index in [4.69, 9.17) is 4.98 Å². The van der Waals surface area contributed by atoms with Crippen molar-refractivity contribution >= 4 is 39.7 Å². The van der Waals surface area contributed by atoms with Crippen LogP contribution in [0.3, 0.4) is 0 Å². The molecule has 2 heterocycles. The molecule has 0 radical (unpaired) electrons. The maximum absolute atomic E-state index is 4.83. The zero-order chi connectivity index (χ0) is 15.8. The first-order valence-corrected chi connectivity index (χ1v) is 8.90. The third kappa shape index (κ3) is 2.63. The van der Waals surface area contributed by atoms with Crippen LogP contribution in [-0.4, -0.2) is 19.1 Å². The lowest BCUT2D eigenvalue weighted by atomic mass is 10.1. The molecule has 4 heteroatoms. The van der Waals surface area contributed by atoms with Crippen LogP contribution < -0.4 is 10.2 Å². The molecule has 116 valence electrons. The predicted octanol–water partition coefficient (Wildman–Crippen LogP) is 4.79. The van der Waals surface area contributed by atoms with Crippen LogP contribution in [0.25, 0.3) is 10.9 Å². The van der Waals surface area contributed by atoms with Crippen molar-refractivity contribution in [2.45, 2.75) is 11.5 Å². The lowest BCUT2D eigenvalue weighted by Gasteiger charge is -2.16. The molecule has 0 bridgehead atoms. The van der Waals surface area contributed by atoms with E-state index in [1.165, 1.54) is 28.0 Å². The highest BCUT2D eigenvalue weighted by atomic mass is 32.2. The number of thioether (sulfide) groups is 1. The number of para-hydroxylation sites is 1. The van der Waals surface area contributed by atoms with Gasteiger partial charge in [0, 0.05) is 47.9 Å². The van der Waals surface area contributed by atoms with Crippen molar-refractivity contribution in [3.05, 3.63) is 59.8 Å². The molecule has 1 N–H and O–H groups in total. The normalized spacial score (nSPS) is 13.1. The van der Waals surface area contributed by atoms with Crippen LogP contribution in [0.5, 0.6) is 0 Å². The quantitative estimate of drug-likeness (QED) is 0.750. The number of benzene rings is 2. The molecule has 0 unspecified atom stereocenters. The van der Waals surface area contributed by atoms with Crippen molar-refractivity contribution in [2.75, 3.05) is 24.3 Å². The van der Waals surface area contributed by atoms with Crippen LogP contribution in [-0.2, 0) is 11.5 Å². The first-order valence-electron chi connectivity index (χ1n) is 7.75. The van der Waals surface area contributed by atoms with Gasteiger partial charge >= 0.3 is 0 Å². The Morgan fingerprint density at radius 1 is 1.00 bits per heavy atom. The van der Waals surface area contributed by atoms with Gasteiger partial charge in [-0.05, 0) is 30.3 Å². The molecule has 0 saturated carbocycles. The molecule has 3 nitrogen and oxygen atoms in total. The molecule has 2 aromatic carbocycles. The number of nitrogens with one attached hydrogen (secondary N) is 1. The highest BCUT2D eigenvalue weighted by molar-refractivity contribution is 7.98. The summed E-state index contributed by atoms with van der Waals surface area (Å²) in [6, 6.07) is 16.9. The summed E-state index contributed by atoms with van der Waals surface area (Å²) in [7, 11) is 4.12. The topological polar surface area (TPSA) is 28.2 Å².